The molecule has 0 saturated heterocycles. The van der Waals surface area contributed by atoms with E-state index in [0.29, 0.717) is 10.8 Å². The molecule has 3 aromatic carbocycles. The van der Waals surface area contributed by atoms with Crippen LogP contribution in [0.15, 0.2) is 60.9 Å². The van der Waals surface area contributed by atoms with E-state index in [0.717, 1.165) is 0 Å². The molecule has 284 valence electrons. The molecule has 0 aliphatic heterocycles. The Morgan fingerprint density at radius 2 is 0.807 bits per heavy atom. The van der Waals surface area contributed by atoms with Crippen LogP contribution in [0.4, 0.5) is 0 Å². The minimum Gasteiger partial charge on any atom is -0.306 e. The molecule has 4 spiro atoms. The number of hydrogen-bond donors (Lipinski definition) is 0. The second kappa shape index (κ2) is 10.4. The lowest BCUT2D eigenvalue weighted by Crippen LogP contribution is -2.43. The maximum absolute atomic E-state index is 5.69. The van der Waals surface area contributed by atoms with Crippen molar-refractivity contribution in [2.45, 2.75) is 156 Å². The summed E-state index contributed by atoms with van der Waals surface area (Å²) in [5, 5.41) is 11.5. The Morgan fingerprint density at radius 1 is 0.386 bits per heavy atom. The summed E-state index contributed by atoms with van der Waals surface area (Å²) in [5.41, 5.74) is 15.7. The molecule has 6 aliphatic carbocycles. The van der Waals surface area contributed by atoms with E-state index in [4.69, 9.17) is 9.97 Å². The quantitative estimate of drug-likeness (QED) is 0.155. The van der Waals surface area contributed by atoms with Crippen molar-refractivity contribution < 1.29 is 0 Å². The van der Waals surface area contributed by atoms with Crippen LogP contribution in [0.1, 0.15) is 157 Å². The Balaban J connectivity index is 1.04. The molecule has 0 N–H and O–H groups in total. The first kappa shape index (κ1) is 31.5. The van der Waals surface area contributed by atoms with Crippen LogP contribution in [0.3, 0.4) is 0 Å². The van der Waals surface area contributed by atoms with E-state index in [9.17, 15) is 0 Å². The van der Waals surface area contributed by atoms with E-state index in [1.54, 1.807) is 16.5 Å². The number of fused-ring (bicyclic) bond motifs is 20. The van der Waals surface area contributed by atoms with Crippen molar-refractivity contribution in [2.24, 2.45) is 0 Å². The Bertz CT molecular complexity index is 3180. The molecule has 6 heterocycles. The average molecular weight is 745 g/mol. The van der Waals surface area contributed by atoms with Crippen LogP contribution in [0.5, 0.6) is 0 Å². The van der Waals surface area contributed by atoms with Gasteiger partial charge in [0.25, 0.3) is 0 Å². The fourth-order valence-electron chi connectivity index (χ4n) is 16.2. The van der Waals surface area contributed by atoms with Crippen molar-refractivity contribution in [1.29, 1.82) is 0 Å². The predicted octanol–water partition coefficient (Wildman–Crippen LogP) is 14.0. The number of benzene rings is 3. The molecule has 0 unspecified atom stereocenters. The van der Waals surface area contributed by atoms with Gasteiger partial charge in [0.15, 0.2) is 0 Å². The topological polar surface area (TPSA) is 34.6 Å². The van der Waals surface area contributed by atoms with E-state index in [-0.39, 0.29) is 10.8 Å². The summed E-state index contributed by atoms with van der Waals surface area (Å²) in [6.07, 6.45) is 33.1. The van der Waals surface area contributed by atoms with Gasteiger partial charge < -0.3 is 8.80 Å². The van der Waals surface area contributed by atoms with E-state index < -0.39 is 0 Å². The summed E-state index contributed by atoms with van der Waals surface area (Å²) in [5.74, 6) is 0. The number of rotatable bonds is 0. The Labute approximate surface area is 333 Å². The van der Waals surface area contributed by atoms with Gasteiger partial charge in [0.1, 0.15) is 0 Å². The van der Waals surface area contributed by atoms with Crippen molar-refractivity contribution in [3.05, 3.63) is 83.4 Å². The highest BCUT2D eigenvalue weighted by Crippen LogP contribution is 2.64. The molecule has 4 saturated carbocycles. The Hall–Kier alpha value is -4.44. The first-order valence-corrected chi connectivity index (χ1v) is 23.3. The van der Waals surface area contributed by atoms with Gasteiger partial charge in [-0.2, -0.15) is 0 Å². The molecule has 4 fully saturated rings. The van der Waals surface area contributed by atoms with Crippen LogP contribution in [0.2, 0.25) is 0 Å². The lowest BCUT2D eigenvalue weighted by Gasteiger charge is -2.50. The average Bonchev–Trinajstić information content (AvgIpc) is 4.13. The highest BCUT2D eigenvalue weighted by Gasteiger charge is 2.56. The molecular formula is C53H52N4. The van der Waals surface area contributed by atoms with Crippen molar-refractivity contribution in [2.75, 3.05) is 0 Å². The fourth-order valence-corrected chi connectivity index (χ4v) is 16.2. The van der Waals surface area contributed by atoms with Crippen LogP contribution in [-0.2, 0) is 21.7 Å². The van der Waals surface area contributed by atoms with Gasteiger partial charge >= 0.3 is 0 Å². The SMILES string of the molecule is c1cc2c3cc4c(cc3n3c5cnc6c(c5c(c1)c23)C1(CCCCC1)CCC61CCCCC1)c1cccc2c3c5c(ncc3n4c12)C1(CCCC1)CC51CCCC1. The number of aromatic nitrogens is 4. The largest absolute Gasteiger partial charge is 0.306 e. The van der Waals surface area contributed by atoms with Crippen molar-refractivity contribution in [1.82, 2.24) is 18.8 Å². The van der Waals surface area contributed by atoms with Crippen LogP contribution >= 0.6 is 0 Å². The zero-order valence-electron chi connectivity index (χ0n) is 33.4. The number of nitrogens with zero attached hydrogens (tertiary/aromatic N) is 4. The summed E-state index contributed by atoms with van der Waals surface area (Å²) < 4.78 is 5.30. The third kappa shape index (κ3) is 3.56. The van der Waals surface area contributed by atoms with Crippen molar-refractivity contribution >= 4 is 76.2 Å². The zero-order valence-corrected chi connectivity index (χ0v) is 33.4. The molecule has 0 radical (unpaired) electrons. The van der Waals surface area contributed by atoms with Crippen LogP contribution in [-0.4, -0.2) is 18.8 Å². The summed E-state index contributed by atoms with van der Waals surface area (Å²) >= 11 is 0. The molecule has 57 heavy (non-hydrogen) atoms. The lowest BCUT2D eigenvalue weighted by atomic mass is 9.54. The summed E-state index contributed by atoms with van der Waals surface area (Å²) in [6.45, 7) is 0. The summed E-state index contributed by atoms with van der Waals surface area (Å²) in [4.78, 5) is 11.3. The maximum Gasteiger partial charge on any atom is 0.0728 e. The summed E-state index contributed by atoms with van der Waals surface area (Å²) in [6, 6.07) is 19.6. The fraction of sp³-hybridized carbons (Fsp3) is 0.472. The number of para-hydroxylation sites is 2. The van der Waals surface area contributed by atoms with Crippen LogP contribution in [0, 0.1) is 0 Å². The van der Waals surface area contributed by atoms with E-state index in [1.807, 2.05) is 0 Å². The smallest absolute Gasteiger partial charge is 0.0728 e. The molecule has 4 nitrogen and oxygen atoms in total. The van der Waals surface area contributed by atoms with Crippen molar-refractivity contribution in [3.63, 3.8) is 0 Å². The van der Waals surface area contributed by atoms with E-state index in [2.05, 4.69) is 69.7 Å². The molecular weight excluding hydrogens is 693 g/mol. The third-order valence-corrected chi connectivity index (χ3v) is 18.4. The lowest BCUT2D eigenvalue weighted by molar-refractivity contribution is 0.172. The standard InChI is InChI=1S/C53H52N4/c1-3-17-50(18-4-1)25-26-51(19-5-2-6-20-51)48-44(50)42-34-15-11-13-32-36-28-39-37(27-38(36)56(46(32)34)40(42)29-54-48)33-14-12-16-35-43-41(57(39)47(33)35)30-55-49-45(43)52(21-7-8-22-52)31-53(49)23-9-10-24-53/h11-16,27-30H,1-10,17-26,31H2. The van der Waals surface area contributed by atoms with Gasteiger partial charge in [-0.3, -0.25) is 9.97 Å². The normalized spacial score (nSPS) is 23.6. The Kier molecular flexibility index (Phi) is 5.76. The minimum atomic E-state index is 0.276. The molecule has 6 aliphatic rings. The van der Waals surface area contributed by atoms with Gasteiger partial charge in [0, 0.05) is 53.9 Å². The first-order chi connectivity index (χ1) is 28.1. The molecule has 0 bridgehead atoms. The second-order valence-electron chi connectivity index (χ2n) is 20.8. The highest BCUT2D eigenvalue weighted by molar-refractivity contribution is 6.29. The van der Waals surface area contributed by atoms with Crippen LogP contribution < -0.4 is 0 Å². The van der Waals surface area contributed by atoms with Gasteiger partial charge in [0.2, 0.25) is 0 Å². The number of hydrogen-bond acceptors (Lipinski definition) is 2. The molecule has 4 heteroatoms. The molecule has 15 rings (SSSR count). The molecule has 9 aromatic rings. The van der Waals surface area contributed by atoms with Gasteiger partial charge in [0.05, 0.1) is 56.9 Å². The molecule has 0 atom stereocenters. The monoisotopic (exact) mass is 744 g/mol. The Morgan fingerprint density at radius 3 is 1.37 bits per heavy atom. The van der Waals surface area contributed by atoms with Gasteiger partial charge in [-0.15, -0.1) is 0 Å². The highest BCUT2D eigenvalue weighted by atomic mass is 15.0. The van der Waals surface area contributed by atoms with Crippen LogP contribution in [0.25, 0.3) is 76.2 Å². The zero-order chi connectivity index (χ0) is 36.9. The molecule has 6 aromatic heterocycles. The van der Waals surface area contributed by atoms with E-state index >= 15 is 0 Å². The second-order valence-corrected chi connectivity index (χ2v) is 20.8. The van der Waals surface area contributed by atoms with E-state index in [1.165, 1.54) is 217 Å². The minimum absolute atomic E-state index is 0.276. The maximum atomic E-state index is 5.69. The third-order valence-electron chi connectivity index (χ3n) is 18.4. The summed E-state index contributed by atoms with van der Waals surface area (Å²) in [7, 11) is 0. The van der Waals surface area contributed by atoms with Gasteiger partial charge in [-0.25, -0.2) is 0 Å². The molecule has 0 amide bonds. The number of pyridine rings is 2. The first-order valence-electron chi connectivity index (χ1n) is 23.3. The van der Waals surface area contributed by atoms with Crippen molar-refractivity contribution in [3.8, 4) is 0 Å². The van der Waals surface area contributed by atoms with Gasteiger partial charge in [-0.05, 0) is 105 Å². The predicted molar refractivity (Wildman–Crippen MR) is 235 cm³/mol. The van der Waals surface area contributed by atoms with Gasteiger partial charge in [-0.1, -0.05) is 101 Å².